The number of aromatic amines is 1. The second kappa shape index (κ2) is 7.18. The number of H-pyrrole nitrogens is 1. The van der Waals surface area contributed by atoms with E-state index < -0.39 is 11.9 Å². The summed E-state index contributed by atoms with van der Waals surface area (Å²) in [4.78, 5) is 4.13. The van der Waals surface area contributed by atoms with Crippen molar-refractivity contribution in [3.63, 3.8) is 0 Å². The van der Waals surface area contributed by atoms with Crippen LogP contribution in [-0.4, -0.2) is 15.2 Å². The Morgan fingerprint density at radius 1 is 1.00 bits per heavy atom. The molecule has 3 rings (SSSR count). The van der Waals surface area contributed by atoms with Gasteiger partial charge in [0.15, 0.2) is 0 Å². The lowest BCUT2D eigenvalue weighted by Gasteiger charge is -2.25. The van der Waals surface area contributed by atoms with Gasteiger partial charge in [-0.05, 0) is 47.6 Å². The van der Waals surface area contributed by atoms with Crippen LogP contribution < -0.4 is 0 Å². The molecule has 0 saturated heterocycles. The summed E-state index contributed by atoms with van der Waals surface area (Å²) in [5.41, 5.74) is 3.40. The molecule has 0 fully saturated rings. The molecule has 2 aromatic rings. The van der Waals surface area contributed by atoms with Crippen molar-refractivity contribution in [2.24, 2.45) is 5.41 Å². The third kappa shape index (κ3) is 4.76. The van der Waals surface area contributed by atoms with E-state index >= 15 is 0 Å². The maximum atomic E-state index is 12.7. The highest BCUT2D eigenvalue weighted by Gasteiger charge is 2.33. The minimum Gasteiger partial charge on any atom is -0.273 e. The van der Waals surface area contributed by atoms with E-state index in [1.807, 2.05) is 23.3 Å². The molecule has 0 amide bonds. The lowest BCUT2D eigenvalue weighted by molar-refractivity contribution is -0.141. The molecule has 0 radical (unpaired) electrons. The van der Waals surface area contributed by atoms with E-state index in [0.29, 0.717) is 5.69 Å². The van der Waals surface area contributed by atoms with Crippen LogP contribution in [0, 0.1) is 5.41 Å². The Hall–Kier alpha value is -2.63. The van der Waals surface area contributed by atoms with Gasteiger partial charge < -0.3 is 0 Å². The molecule has 1 aliphatic rings. The van der Waals surface area contributed by atoms with Gasteiger partial charge in [0.2, 0.25) is 0 Å². The van der Waals surface area contributed by atoms with Crippen molar-refractivity contribution in [2.75, 3.05) is 0 Å². The SMILES string of the molecule is CC(C)(C)C1=CC=C(/C=C/c2ccnc(-c3cc(C(F)(F)F)[nH]n3)c2)CC1. The van der Waals surface area contributed by atoms with Crippen LogP contribution in [0.2, 0.25) is 0 Å². The van der Waals surface area contributed by atoms with Gasteiger partial charge in [0.25, 0.3) is 0 Å². The van der Waals surface area contributed by atoms with Gasteiger partial charge in [0, 0.05) is 6.20 Å². The Labute approximate surface area is 156 Å². The topological polar surface area (TPSA) is 41.6 Å². The Bertz CT molecular complexity index is 909. The number of aromatic nitrogens is 3. The van der Waals surface area contributed by atoms with Crippen molar-refractivity contribution in [1.29, 1.82) is 0 Å². The maximum absolute atomic E-state index is 12.7. The number of alkyl halides is 3. The normalized spacial score (nSPS) is 15.8. The summed E-state index contributed by atoms with van der Waals surface area (Å²) < 4.78 is 38.1. The molecule has 0 bridgehead atoms. The largest absolute Gasteiger partial charge is 0.432 e. The van der Waals surface area contributed by atoms with Gasteiger partial charge in [-0.25, -0.2) is 0 Å². The number of hydrogen-bond donors (Lipinski definition) is 1. The van der Waals surface area contributed by atoms with E-state index in [1.54, 1.807) is 12.3 Å². The van der Waals surface area contributed by atoms with Crippen LogP contribution in [0.25, 0.3) is 17.5 Å². The fourth-order valence-corrected chi connectivity index (χ4v) is 2.91. The van der Waals surface area contributed by atoms with Gasteiger partial charge in [0.05, 0.1) is 5.69 Å². The van der Waals surface area contributed by atoms with Crippen LogP contribution in [0.4, 0.5) is 13.2 Å². The summed E-state index contributed by atoms with van der Waals surface area (Å²) in [6.45, 7) is 6.64. The monoisotopic (exact) mass is 373 g/mol. The van der Waals surface area contributed by atoms with Crippen molar-refractivity contribution in [3.8, 4) is 11.4 Å². The summed E-state index contributed by atoms with van der Waals surface area (Å²) in [5, 5.41) is 5.74. The van der Waals surface area contributed by atoms with Crippen molar-refractivity contribution in [3.05, 3.63) is 65.0 Å². The molecule has 0 aromatic carbocycles. The smallest absolute Gasteiger partial charge is 0.273 e. The molecule has 3 nitrogen and oxygen atoms in total. The Morgan fingerprint density at radius 3 is 2.37 bits per heavy atom. The third-order valence-corrected chi connectivity index (χ3v) is 4.56. The number of pyridine rings is 1. The predicted molar refractivity (Wildman–Crippen MR) is 101 cm³/mol. The number of halogens is 3. The number of allylic oxidation sites excluding steroid dienone is 5. The first kappa shape index (κ1) is 19.1. The zero-order valence-corrected chi connectivity index (χ0v) is 15.6. The summed E-state index contributed by atoms with van der Waals surface area (Å²) >= 11 is 0. The first-order valence-corrected chi connectivity index (χ1v) is 8.80. The van der Waals surface area contributed by atoms with Gasteiger partial charge in [-0.15, -0.1) is 0 Å². The zero-order chi connectivity index (χ0) is 19.7. The fraction of sp³-hybridized carbons (Fsp3) is 0.333. The van der Waals surface area contributed by atoms with Gasteiger partial charge in [-0.1, -0.05) is 50.6 Å². The van der Waals surface area contributed by atoms with Crippen LogP contribution in [0.1, 0.15) is 44.9 Å². The summed E-state index contributed by atoms with van der Waals surface area (Å²) in [6.07, 6.45) is 7.45. The van der Waals surface area contributed by atoms with Crippen LogP contribution in [0.15, 0.2) is 53.8 Å². The molecular weight excluding hydrogens is 351 g/mol. The average molecular weight is 373 g/mol. The highest BCUT2D eigenvalue weighted by Crippen LogP contribution is 2.33. The molecule has 27 heavy (non-hydrogen) atoms. The maximum Gasteiger partial charge on any atom is 0.432 e. The highest BCUT2D eigenvalue weighted by molar-refractivity contribution is 5.62. The van der Waals surface area contributed by atoms with E-state index in [-0.39, 0.29) is 11.1 Å². The highest BCUT2D eigenvalue weighted by atomic mass is 19.4. The number of hydrogen-bond acceptors (Lipinski definition) is 2. The lowest BCUT2D eigenvalue weighted by Crippen LogP contribution is -2.11. The second-order valence-corrected chi connectivity index (χ2v) is 7.66. The molecule has 142 valence electrons. The standard InChI is InChI=1S/C21H22F3N3/c1-20(2,3)16-8-6-14(7-9-16)4-5-15-10-11-25-17(12-15)18-13-19(27-26-18)21(22,23)24/h4-6,8,10-13H,7,9H2,1-3H3,(H,26,27)/b5-4+. The van der Waals surface area contributed by atoms with Gasteiger partial charge in [-0.3, -0.25) is 10.1 Å². The number of nitrogens with one attached hydrogen (secondary N) is 1. The van der Waals surface area contributed by atoms with Crippen LogP contribution in [0.3, 0.4) is 0 Å². The van der Waals surface area contributed by atoms with E-state index in [4.69, 9.17) is 0 Å². The molecule has 0 spiro atoms. The van der Waals surface area contributed by atoms with Crippen LogP contribution in [-0.2, 0) is 6.18 Å². The molecule has 0 atom stereocenters. The van der Waals surface area contributed by atoms with Crippen LogP contribution >= 0.6 is 0 Å². The second-order valence-electron chi connectivity index (χ2n) is 7.66. The Morgan fingerprint density at radius 2 is 1.78 bits per heavy atom. The van der Waals surface area contributed by atoms with Gasteiger partial charge in [0.1, 0.15) is 11.4 Å². The van der Waals surface area contributed by atoms with E-state index in [0.717, 1.165) is 24.5 Å². The first-order chi connectivity index (χ1) is 12.6. The van der Waals surface area contributed by atoms with E-state index in [2.05, 4.69) is 43.0 Å². The molecule has 0 saturated carbocycles. The fourth-order valence-electron chi connectivity index (χ4n) is 2.91. The summed E-state index contributed by atoms with van der Waals surface area (Å²) in [6, 6.07) is 4.52. The summed E-state index contributed by atoms with van der Waals surface area (Å²) in [5.74, 6) is 0. The van der Waals surface area contributed by atoms with E-state index in [1.165, 1.54) is 11.1 Å². The first-order valence-electron chi connectivity index (χ1n) is 8.80. The minimum atomic E-state index is -4.45. The van der Waals surface area contributed by atoms with Crippen molar-refractivity contribution in [2.45, 2.75) is 39.8 Å². The molecule has 0 unspecified atom stereocenters. The number of nitrogens with zero attached hydrogens (tertiary/aromatic N) is 2. The molecule has 2 aromatic heterocycles. The minimum absolute atomic E-state index is 0.173. The van der Waals surface area contributed by atoms with Crippen LogP contribution in [0.5, 0.6) is 0 Å². The average Bonchev–Trinajstić information content (AvgIpc) is 3.10. The molecular formula is C21H22F3N3. The van der Waals surface area contributed by atoms with Crippen molar-refractivity contribution >= 4 is 6.08 Å². The third-order valence-electron chi connectivity index (χ3n) is 4.56. The molecule has 2 heterocycles. The molecule has 1 N–H and O–H groups in total. The molecule has 6 heteroatoms. The van der Waals surface area contributed by atoms with Gasteiger partial charge >= 0.3 is 6.18 Å². The summed E-state index contributed by atoms with van der Waals surface area (Å²) in [7, 11) is 0. The van der Waals surface area contributed by atoms with Crippen molar-refractivity contribution < 1.29 is 13.2 Å². The Balaban J connectivity index is 1.77. The quantitative estimate of drug-likeness (QED) is 0.696. The Kier molecular flexibility index (Phi) is 5.09. The van der Waals surface area contributed by atoms with Crippen molar-refractivity contribution in [1.82, 2.24) is 15.2 Å². The molecule has 0 aliphatic heterocycles. The van der Waals surface area contributed by atoms with Gasteiger partial charge in [-0.2, -0.15) is 18.3 Å². The predicted octanol–water partition coefficient (Wildman–Crippen LogP) is 6.20. The number of rotatable bonds is 3. The molecule has 1 aliphatic carbocycles. The van der Waals surface area contributed by atoms with E-state index in [9.17, 15) is 13.2 Å². The lowest BCUT2D eigenvalue weighted by atomic mass is 9.80. The zero-order valence-electron chi connectivity index (χ0n) is 15.6.